The molecule has 0 radical (unpaired) electrons. The van der Waals surface area contributed by atoms with Gasteiger partial charge in [-0.25, -0.2) is 0 Å². The van der Waals surface area contributed by atoms with Crippen molar-refractivity contribution >= 4 is 0 Å². The molecule has 0 unspecified atom stereocenters. The molecular formula is C18H18O6. The number of hydrogen-bond donors (Lipinski definition) is 4. The van der Waals surface area contributed by atoms with Gasteiger partial charge in [0.2, 0.25) is 0 Å². The summed E-state index contributed by atoms with van der Waals surface area (Å²) in [6.07, 6.45) is 0.0871. The molecule has 0 amide bonds. The van der Waals surface area contributed by atoms with Crippen LogP contribution in [0.2, 0.25) is 0 Å². The summed E-state index contributed by atoms with van der Waals surface area (Å²) >= 11 is 0. The predicted octanol–water partition coefficient (Wildman–Crippen LogP) is 2.41. The third kappa shape index (κ3) is 2.96. The van der Waals surface area contributed by atoms with E-state index in [9.17, 15) is 20.4 Å². The quantitative estimate of drug-likeness (QED) is 0.643. The van der Waals surface area contributed by atoms with Crippen molar-refractivity contribution in [1.29, 1.82) is 0 Å². The van der Waals surface area contributed by atoms with Crippen molar-refractivity contribution in [3.63, 3.8) is 0 Å². The average molecular weight is 330 g/mol. The Morgan fingerprint density at radius 3 is 2.67 bits per heavy atom. The Kier molecular flexibility index (Phi) is 4.22. The first-order chi connectivity index (χ1) is 11.5. The first kappa shape index (κ1) is 16.0. The van der Waals surface area contributed by atoms with Crippen LogP contribution in [0.15, 0.2) is 43.0 Å². The van der Waals surface area contributed by atoms with Gasteiger partial charge in [0.1, 0.15) is 30.0 Å². The molecule has 2 aromatic carbocycles. The van der Waals surface area contributed by atoms with E-state index in [0.29, 0.717) is 22.6 Å². The first-order valence-electron chi connectivity index (χ1n) is 7.45. The van der Waals surface area contributed by atoms with Crippen LogP contribution in [0, 0.1) is 0 Å². The fourth-order valence-electron chi connectivity index (χ4n) is 2.73. The van der Waals surface area contributed by atoms with Gasteiger partial charge in [0.25, 0.3) is 0 Å². The SMILES string of the molecule is C=CCOc1ccc([C@H]2Oc3cc(O)cc(O)c3C[C@H]2O)cc1O. The van der Waals surface area contributed by atoms with Crippen LogP contribution in [0.4, 0.5) is 0 Å². The van der Waals surface area contributed by atoms with Gasteiger partial charge in [0, 0.05) is 24.1 Å². The van der Waals surface area contributed by atoms with Crippen LogP contribution in [0.5, 0.6) is 28.7 Å². The van der Waals surface area contributed by atoms with Gasteiger partial charge in [-0.05, 0) is 17.7 Å². The highest BCUT2D eigenvalue weighted by molar-refractivity contribution is 5.52. The Labute approximate surface area is 138 Å². The van der Waals surface area contributed by atoms with E-state index in [2.05, 4.69) is 6.58 Å². The standard InChI is InChI=1S/C18H18O6/c1-2-5-23-16-4-3-10(6-14(16)21)18-15(22)9-12-13(20)7-11(19)8-17(12)24-18/h2-4,6-8,15,18-22H,1,5,9H2/t15-,18-/m1/s1. The van der Waals surface area contributed by atoms with E-state index in [1.54, 1.807) is 18.2 Å². The van der Waals surface area contributed by atoms with Gasteiger partial charge >= 0.3 is 0 Å². The first-order valence-corrected chi connectivity index (χ1v) is 7.45. The molecule has 24 heavy (non-hydrogen) atoms. The highest BCUT2D eigenvalue weighted by atomic mass is 16.5. The Balaban J connectivity index is 1.89. The Morgan fingerprint density at radius 2 is 1.96 bits per heavy atom. The molecule has 4 N–H and O–H groups in total. The van der Waals surface area contributed by atoms with Crippen molar-refractivity contribution in [2.75, 3.05) is 6.61 Å². The summed E-state index contributed by atoms with van der Waals surface area (Å²) in [5.74, 6) is 0.277. The number of aromatic hydroxyl groups is 3. The van der Waals surface area contributed by atoms with E-state index in [1.165, 1.54) is 18.2 Å². The molecule has 3 rings (SSSR count). The van der Waals surface area contributed by atoms with Gasteiger partial charge in [-0.3, -0.25) is 0 Å². The second-order valence-electron chi connectivity index (χ2n) is 5.58. The molecule has 6 nitrogen and oxygen atoms in total. The van der Waals surface area contributed by atoms with Crippen molar-refractivity contribution in [1.82, 2.24) is 0 Å². The van der Waals surface area contributed by atoms with Crippen molar-refractivity contribution < 1.29 is 29.9 Å². The normalized spacial score (nSPS) is 19.2. The van der Waals surface area contributed by atoms with Crippen LogP contribution >= 0.6 is 0 Å². The molecule has 1 aliphatic rings. The van der Waals surface area contributed by atoms with Crippen molar-refractivity contribution in [3.8, 4) is 28.7 Å². The molecule has 0 spiro atoms. The third-order valence-corrected chi connectivity index (χ3v) is 3.86. The van der Waals surface area contributed by atoms with Crippen molar-refractivity contribution in [2.24, 2.45) is 0 Å². The minimum atomic E-state index is -0.910. The molecule has 2 atom stereocenters. The van der Waals surface area contributed by atoms with Crippen LogP contribution in [-0.2, 0) is 6.42 Å². The average Bonchev–Trinajstić information content (AvgIpc) is 2.54. The third-order valence-electron chi connectivity index (χ3n) is 3.86. The fourth-order valence-corrected chi connectivity index (χ4v) is 2.73. The number of phenols is 3. The van der Waals surface area contributed by atoms with E-state index in [1.807, 2.05) is 0 Å². The van der Waals surface area contributed by atoms with Gasteiger partial charge in [-0.1, -0.05) is 18.7 Å². The molecule has 0 fully saturated rings. The fraction of sp³-hybridized carbons (Fsp3) is 0.222. The monoisotopic (exact) mass is 330 g/mol. The number of phenolic OH excluding ortho intramolecular Hbond substituents is 3. The van der Waals surface area contributed by atoms with E-state index in [4.69, 9.17) is 9.47 Å². The number of benzene rings is 2. The molecule has 6 heteroatoms. The lowest BCUT2D eigenvalue weighted by atomic mass is 9.94. The van der Waals surface area contributed by atoms with Crippen LogP contribution < -0.4 is 9.47 Å². The molecular weight excluding hydrogens is 312 g/mol. The zero-order valence-electron chi connectivity index (χ0n) is 12.8. The Hall–Kier alpha value is -2.86. The van der Waals surface area contributed by atoms with Gasteiger partial charge < -0.3 is 29.9 Å². The number of aliphatic hydroxyl groups excluding tert-OH is 1. The number of ether oxygens (including phenoxy) is 2. The van der Waals surface area contributed by atoms with Crippen LogP contribution in [0.25, 0.3) is 0 Å². The van der Waals surface area contributed by atoms with Crippen LogP contribution in [0.3, 0.4) is 0 Å². The van der Waals surface area contributed by atoms with E-state index in [0.717, 1.165) is 0 Å². The summed E-state index contributed by atoms with van der Waals surface area (Å²) in [6.45, 7) is 3.81. The van der Waals surface area contributed by atoms with Gasteiger partial charge in [-0.2, -0.15) is 0 Å². The maximum atomic E-state index is 10.3. The van der Waals surface area contributed by atoms with Crippen LogP contribution in [-0.4, -0.2) is 33.1 Å². The highest BCUT2D eigenvalue weighted by Crippen LogP contribution is 2.42. The molecule has 0 aliphatic carbocycles. The second kappa shape index (κ2) is 6.33. The lowest BCUT2D eigenvalue weighted by Gasteiger charge is -2.31. The summed E-state index contributed by atoms with van der Waals surface area (Å²) < 4.78 is 11.0. The van der Waals surface area contributed by atoms with E-state index < -0.39 is 12.2 Å². The minimum Gasteiger partial charge on any atom is -0.508 e. The summed E-state index contributed by atoms with van der Waals surface area (Å²) in [7, 11) is 0. The lowest BCUT2D eigenvalue weighted by molar-refractivity contribution is 0.0197. The molecule has 0 saturated heterocycles. The largest absolute Gasteiger partial charge is 0.508 e. The van der Waals surface area contributed by atoms with Crippen molar-refractivity contribution in [2.45, 2.75) is 18.6 Å². The smallest absolute Gasteiger partial charge is 0.161 e. The van der Waals surface area contributed by atoms with Crippen molar-refractivity contribution in [3.05, 3.63) is 54.1 Å². The number of aliphatic hydroxyl groups is 1. The van der Waals surface area contributed by atoms with E-state index in [-0.39, 0.29) is 30.3 Å². The summed E-state index contributed by atoms with van der Waals surface area (Å²) in [5.41, 5.74) is 0.992. The topological polar surface area (TPSA) is 99.4 Å². The molecule has 0 bridgehead atoms. The maximum absolute atomic E-state index is 10.3. The van der Waals surface area contributed by atoms with Gasteiger partial charge in [0.05, 0.1) is 6.10 Å². The number of rotatable bonds is 4. The summed E-state index contributed by atoms with van der Waals surface area (Å²) in [4.78, 5) is 0. The summed E-state index contributed by atoms with van der Waals surface area (Å²) in [5, 5.41) is 39.8. The van der Waals surface area contributed by atoms with Gasteiger partial charge in [0.15, 0.2) is 11.5 Å². The summed E-state index contributed by atoms with van der Waals surface area (Å²) in [6, 6.07) is 7.31. The lowest BCUT2D eigenvalue weighted by Crippen LogP contribution is -2.30. The zero-order chi connectivity index (χ0) is 17.3. The zero-order valence-corrected chi connectivity index (χ0v) is 12.8. The molecule has 1 aliphatic heterocycles. The molecule has 0 aromatic heterocycles. The van der Waals surface area contributed by atoms with Crippen LogP contribution in [0.1, 0.15) is 17.2 Å². The minimum absolute atomic E-state index is 0.0743. The number of fused-ring (bicyclic) bond motifs is 1. The predicted molar refractivity (Wildman–Crippen MR) is 86.7 cm³/mol. The molecule has 2 aromatic rings. The molecule has 126 valence electrons. The Morgan fingerprint density at radius 1 is 1.17 bits per heavy atom. The van der Waals surface area contributed by atoms with E-state index >= 15 is 0 Å². The van der Waals surface area contributed by atoms with Gasteiger partial charge in [-0.15, -0.1) is 0 Å². The number of hydrogen-bond acceptors (Lipinski definition) is 6. The molecule has 0 saturated carbocycles. The Bertz CT molecular complexity index is 770. The maximum Gasteiger partial charge on any atom is 0.161 e. The molecule has 1 heterocycles. The second-order valence-corrected chi connectivity index (χ2v) is 5.58. The highest BCUT2D eigenvalue weighted by Gasteiger charge is 2.32.